The second-order valence-corrected chi connectivity index (χ2v) is 5.41. The molecule has 0 aliphatic carbocycles. The summed E-state index contributed by atoms with van der Waals surface area (Å²) in [5.74, 6) is 2.38. The van der Waals surface area contributed by atoms with Gasteiger partial charge in [0, 0.05) is 4.83 Å². The second-order valence-electron chi connectivity index (χ2n) is 3.97. The maximum absolute atomic E-state index is 5.65. The van der Waals surface area contributed by atoms with Crippen LogP contribution in [0.3, 0.4) is 0 Å². The highest BCUT2D eigenvalue weighted by Crippen LogP contribution is 2.19. The van der Waals surface area contributed by atoms with Crippen LogP contribution in [0.5, 0.6) is 11.5 Å². The van der Waals surface area contributed by atoms with Crippen molar-refractivity contribution in [3.05, 3.63) is 24.3 Å². The number of halogens is 1. The molecule has 16 heavy (non-hydrogen) atoms. The summed E-state index contributed by atoms with van der Waals surface area (Å²) in [5, 5.41) is 0. The van der Waals surface area contributed by atoms with Gasteiger partial charge >= 0.3 is 0 Å². The van der Waals surface area contributed by atoms with Crippen molar-refractivity contribution >= 4 is 15.9 Å². The average molecular weight is 287 g/mol. The number of hydrogen-bond donors (Lipinski definition) is 0. The van der Waals surface area contributed by atoms with Crippen molar-refractivity contribution in [3.63, 3.8) is 0 Å². The molecular weight excluding hydrogens is 268 g/mol. The third-order valence-electron chi connectivity index (χ3n) is 2.69. The minimum Gasteiger partial charge on any atom is -0.497 e. The summed E-state index contributed by atoms with van der Waals surface area (Å²) >= 11 is 3.57. The molecule has 0 aliphatic rings. The molecule has 2 unspecified atom stereocenters. The lowest BCUT2D eigenvalue weighted by Gasteiger charge is -2.14. The Balaban J connectivity index is 2.31. The molecule has 0 amide bonds. The standard InChI is InChI=1S/C13H19BrO2/c1-10(11(2)14)8-9-16-13-6-4-12(15-3)5-7-13/h4-7,10-11H,8-9H2,1-3H3. The van der Waals surface area contributed by atoms with Gasteiger partial charge in [0.1, 0.15) is 11.5 Å². The van der Waals surface area contributed by atoms with Crippen LogP contribution in [0.4, 0.5) is 0 Å². The Labute approximate surface area is 106 Å². The number of rotatable bonds is 6. The number of alkyl halides is 1. The summed E-state index contributed by atoms with van der Waals surface area (Å²) in [6, 6.07) is 7.68. The fourth-order valence-electron chi connectivity index (χ4n) is 1.26. The van der Waals surface area contributed by atoms with Crippen LogP contribution in [-0.4, -0.2) is 18.5 Å². The van der Waals surface area contributed by atoms with E-state index in [1.54, 1.807) is 7.11 Å². The molecule has 1 rings (SSSR count). The largest absolute Gasteiger partial charge is 0.497 e. The maximum atomic E-state index is 5.65. The van der Waals surface area contributed by atoms with Gasteiger partial charge in [-0.05, 0) is 36.6 Å². The smallest absolute Gasteiger partial charge is 0.119 e. The summed E-state index contributed by atoms with van der Waals surface area (Å²) in [4.78, 5) is 0.534. The van der Waals surface area contributed by atoms with E-state index in [9.17, 15) is 0 Å². The van der Waals surface area contributed by atoms with Gasteiger partial charge in [-0.15, -0.1) is 0 Å². The van der Waals surface area contributed by atoms with E-state index in [-0.39, 0.29) is 0 Å². The normalized spacial score (nSPS) is 14.2. The second kappa shape index (κ2) is 6.79. The van der Waals surface area contributed by atoms with Crippen LogP contribution in [0.25, 0.3) is 0 Å². The lowest BCUT2D eigenvalue weighted by molar-refractivity contribution is 0.283. The van der Waals surface area contributed by atoms with Gasteiger partial charge in [0.05, 0.1) is 13.7 Å². The molecule has 0 radical (unpaired) electrons. The third kappa shape index (κ3) is 4.44. The van der Waals surface area contributed by atoms with E-state index in [2.05, 4.69) is 29.8 Å². The molecule has 1 aromatic rings. The molecule has 3 heteroatoms. The first kappa shape index (κ1) is 13.4. The summed E-state index contributed by atoms with van der Waals surface area (Å²) in [5.41, 5.74) is 0. The highest BCUT2D eigenvalue weighted by Gasteiger charge is 2.08. The maximum Gasteiger partial charge on any atom is 0.119 e. The minimum atomic E-state index is 0.534. The molecule has 0 spiro atoms. The van der Waals surface area contributed by atoms with Crippen LogP contribution in [0.15, 0.2) is 24.3 Å². The van der Waals surface area contributed by atoms with Crippen LogP contribution in [0, 0.1) is 5.92 Å². The average Bonchev–Trinajstić information content (AvgIpc) is 2.29. The summed E-state index contributed by atoms with van der Waals surface area (Å²) in [7, 11) is 1.66. The number of hydrogen-bond acceptors (Lipinski definition) is 2. The first-order valence-electron chi connectivity index (χ1n) is 5.54. The lowest BCUT2D eigenvalue weighted by Crippen LogP contribution is -2.11. The quantitative estimate of drug-likeness (QED) is 0.739. The zero-order valence-corrected chi connectivity index (χ0v) is 11.7. The topological polar surface area (TPSA) is 18.5 Å². The molecule has 0 heterocycles. The molecule has 0 aromatic heterocycles. The van der Waals surface area contributed by atoms with Gasteiger partial charge in [-0.2, -0.15) is 0 Å². The van der Waals surface area contributed by atoms with Gasteiger partial charge in [-0.25, -0.2) is 0 Å². The minimum absolute atomic E-state index is 0.534. The van der Waals surface area contributed by atoms with Gasteiger partial charge in [-0.1, -0.05) is 29.8 Å². The van der Waals surface area contributed by atoms with Crippen LogP contribution < -0.4 is 9.47 Å². The Morgan fingerprint density at radius 2 is 1.69 bits per heavy atom. The molecular formula is C13H19BrO2. The van der Waals surface area contributed by atoms with Crippen molar-refractivity contribution < 1.29 is 9.47 Å². The van der Waals surface area contributed by atoms with E-state index in [0.29, 0.717) is 10.7 Å². The number of methoxy groups -OCH3 is 1. The summed E-state index contributed by atoms with van der Waals surface area (Å²) < 4.78 is 10.7. The molecule has 90 valence electrons. The first-order valence-corrected chi connectivity index (χ1v) is 6.46. The van der Waals surface area contributed by atoms with E-state index in [1.807, 2.05) is 24.3 Å². The van der Waals surface area contributed by atoms with Gasteiger partial charge in [-0.3, -0.25) is 0 Å². The highest BCUT2D eigenvalue weighted by molar-refractivity contribution is 9.09. The van der Waals surface area contributed by atoms with Crippen molar-refractivity contribution in [3.8, 4) is 11.5 Å². The van der Waals surface area contributed by atoms with Crippen molar-refractivity contribution in [1.82, 2.24) is 0 Å². The molecule has 0 fully saturated rings. The Kier molecular flexibility index (Phi) is 5.67. The van der Waals surface area contributed by atoms with E-state index in [0.717, 1.165) is 24.5 Å². The summed E-state index contributed by atoms with van der Waals surface area (Å²) in [6.45, 7) is 5.14. The van der Waals surface area contributed by atoms with Crippen LogP contribution in [-0.2, 0) is 0 Å². The fraction of sp³-hybridized carbons (Fsp3) is 0.538. The zero-order valence-electron chi connectivity index (χ0n) is 10.1. The molecule has 0 N–H and O–H groups in total. The van der Waals surface area contributed by atoms with Crippen molar-refractivity contribution in [2.24, 2.45) is 5.92 Å². The van der Waals surface area contributed by atoms with Crippen molar-refractivity contribution in [1.29, 1.82) is 0 Å². The first-order chi connectivity index (χ1) is 7.63. The highest BCUT2D eigenvalue weighted by atomic mass is 79.9. The van der Waals surface area contributed by atoms with E-state index < -0.39 is 0 Å². The van der Waals surface area contributed by atoms with Crippen molar-refractivity contribution in [2.75, 3.05) is 13.7 Å². The van der Waals surface area contributed by atoms with Crippen LogP contribution in [0.1, 0.15) is 20.3 Å². The molecule has 2 nitrogen and oxygen atoms in total. The predicted molar refractivity (Wildman–Crippen MR) is 70.7 cm³/mol. The molecule has 0 saturated carbocycles. The molecule has 0 bridgehead atoms. The molecule has 1 aromatic carbocycles. The van der Waals surface area contributed by atoms with Gasteiger partial charge in [0.2, 0.25) is 0 Å². The van der Waals surface area contributed by atoms with Gasteiger partial charge in [0.15, 0.2) is 0 Å². The molecule has 0 aliphatic heterocycles. The fourth-order valence-corrected chi connectivity index (χ4v) is 1.53. The van der Waals surface area contributed by atoms with E-state index in [4.69, 9.17) is 9.47 Å². The monoisotopic (exact) mass is 286 g/mol. The van der Waals surface area contributed by atoms with Crippen LogP contribution >= 0.6 is 15.9 Å². The van der Waals surface area contributed by atoms with Crippen LogP contribution in [0.2, 0.25) is 0 Å². The molecule has 0 saturated heterocycles. The SMILES string of the molecule is COc1ccc(OCCC(C)C(C)Br)cc1. The Hall–Kier alpha value is -0.700. The number of benzene rings is 1. The Morgan fingerprint density at radius 1 is 1.12 bits per heavy atom. The number of ether oxygens (including phenoxy) is 2. The third-order valence-corrected chi connectivity index (χ3v) is 3.59. The summed E-state index contributed by atoms with van der Waals surface area (Å²) in [6.07, 6.45) is 1.05. The van der Waals surface area contributed by atoms with E-state index in [1.165, 1.54) is 0 Å². The van der Waals surface area contributed by atoms with Gasteiger partial charge < -0.3 is 9.47 Å². The van der Waals surface area contributed by atoms with E-state index >= 15 is 0 Å². The molecule has 2 atom stereocenters. The lowest BCUT2D eigenvalue weighted by atomic mass is 10.1. The van der Waals surface area contributed by atoms with Gasteiger partial charge in [0.25, 0.3) is 0 Å². The Morgan fingerprint density at radius 3 is 2.19 bits per heavy atom. The predicted octanol–water partition coefficient (Wildman–Crippen LogP) is 3.88. The Bertz CT molecular complexity index is 295. The van der Waals surface area contributed by atoms with Crippen molar-refractivity contribution in [2.45, 2.75) is 25.1 Å². The zero-order chi connectivity index (χ0) is 12.0.